The van der Waals surface area contributed by atoms with Crippen LogP contribution >= 0.6 is 45.8 Å². The van der Waals surface area contributed by atoms with Gasteiger partial charge in [-0.3, -0.25) is 4.79 Å². The fourth-order valence-electron chi connectivity index (χ4n) is 1.05. The molecule has 0 aliphatic carbocycles. The van der Waals surface area contributed by atoms with E-state index in [1.165, 1.54) is 7.11 Å². The molecule has 0 heterocycles. The molecule has 0 saturated carbocycles. The first-order chi connectivity index (χ1) is 6.60. The second kappa shape index (κ2) is 5.19. The number of ketones is 1. The molecule has 0 amide bonds. The van der Waals surface area contributed by atoms with E-state index in [1.807, 2.05) is 22.6 Å². The van der Waals surface area contributed by atoms with E-state index in [2.05, 4.69) is 0 Å². The van der Waals surface area contributed by atoms with Crippen LogP contribution in [0.1, 0.15) is 10.4 Å². The van der Waals surface area contributed by atoms with Gasteiger partial charge in [-0.15, -0.1) is 11.6 Å². The van der Waals surface area contributed by atoms with Crippen molar-refractivity contribution < 1.29 is 9.53 Å². The van der Waals surface area contributed by atoms with E-state index in [-0.39, 0.29) is 11.7 Å². The summed E-state index contributed by atoms with van der Waals surface area (Å²) in [6.07, 6.45) is 0. The monoisotopic (exact) mass is 344 g/mol. The summed E-state index contributed by atoms with van der Waals surface area (Å²) in [7, 11) is 1.49. The third-order valence-corrected chi connectivity index (χ3v) is 2.95. The first-order valence-corrected chi connectivity index (χ1v) is 5.71. The van der Waals surface area contributed by atoms with Crippen LogP contribution in [0.3, 0.4) is 0 Å². The van der Waals surface area contributed by atoms with Gasteiger partial charge in [0.25, 0.3) is 0 Å². The highest BCUT2D eigenvalue weighted by Gasteiger charge is 2.15. The number of carbonyl (C=O) groups is 1. The Morgan fingerprint density at radius 3 is 2.71 bits per heavy atom. The normalized spacial score (nSPS) is 10.0. The number of alkyl halides is 1. The molecule has 0 aromatic heterocycles. The van der Waals surface area contributed by atoms with Crippen molar-refractivity contribution in [2.24, 2.45) is 0 Å². The van der Waals surface area contributed by atoms with Crippen molar-refractivity contribution in [3.63, 3.8) is 0 Å². The van der Waals surface area contributed by atoms with Gasteiger partial charge in [-0.2, -0.15) is 0 Å². The maximum absolute atomic E-state index is 11.5. The lowest BCUT2D eigenvalue weighted by Gasteiger charge is -2.08. The Bertz CT molecular complexity index is 366. The molecule has 0 N–H and O–H groups in total. The molecule has 0 fully saturated rings. The van der Waals surface area contributed by atoms with Crippen LogP contribution in [0, 0.1) is 3.57 Å². The highest BCUT2D eigenvalue weighted by Crippen LogP contribution is 2.29. The van der Waals surface area contributed by atoms with Crippen LogP contribution in [0.2, 0.25) is 5.02 Å². The topological polar surface area (TPSA) is 26.3 Å². The van der Waals surface area contributed by atoms with Crippen LogP contribution in [0.4, 0.5) is 0 Å². The van der Waals surface area contributed by atoms with Gasteiger partial charge in [-0.25, -0.2) is 0 Å². The molecule has 14 heavy (non-hydrogen) atoms. The second-order valence-corrected chi connectivity index (χ2v) is 4.39. The number of methoxy groups -OCH3 is 1. The molecule has 0 saturated heterocycles. The standard InChI is InChI=1S/C9H7Cl2IO2/c1-14-8-3-5(11)2-6(12)9(8)7(13)4-10/h2-3H,4H2,1H3. The minimum Gasteiger partial charge on any atom is -0.496 e. The van der Waals surface area contributed by atoms with Crippen molar-refractivity contribution >= 4 is 51.6 Å². The zero-order valence-corrected chi connectivity index (χ0v) is 11.0. The molecule has 1 rings (SSSR count). The minimum absolute atomic E-state index is 0.0615. The average Bonchev–Trinajstić information content (AvgIpc) is 2.15. The van der Waals surface area contributed by atoms with Crippen molar-refractivity contribution in [2.45, 2.75) is 0 Å². The van der Waals surface area contributed by atoms with Crippen molar-refractivity contribution in [1.82, 2.24) is 0 Å². The van der Waals surface area contributed by atoms with E-state index in [9.17, 15) is 4.79 Å². The fourth-order valence-corrected chi connectivity index (χ4v) is 2.48. The summed E-state index contributed by atoms with van der Waals surface area (Å²) in [5.74, 6) is 0.241. The molecule has 1 aromatic carbocycles. The van der Waals surface area contributed by atoms with E-state index >= 15 is 0 Å². The molecule has 0 bridgehead atoms. The van der Waals surface area contributed by atoms with E-state index < -0.39 is 0 Å². The highest BCUT2D eigenvalue weighted by atomic mass is 127. The third-order valence-electron chi connectivity index (χ3n) is 1.64. The molecule has 0 radical (unpaired) electrons. The number of benzene rings is 1. The van der Waals surface area contributed by atoms with Gasteiger partial charge in [0, 0.05) is 8.59 Å². The molecule has 0 spiro atoms. The number of ether oxygens (including phenoxy) is 1. The third kappa shape index (κ3) is 2.52. The lowest BCUT2D eigenvalue weighted by Crippen LogP contribution is -2.06. The Kier molecular flexibility index (Phi) is 4.47. The molecule has 0 aliphatic rings. The number of rotatable bonds is 3. The molecule has 1 aromatic rings. The summed E-state index contributed by atoms with van der Waals surface area (Å²) >= 11 is 13.3. The van der Waals surface area contributed by atoms with Crippen LogP contribution < -0.4 is 4.74 Å². The zero-order valence-electron chi connectivity index (χ0n) is 7.31. The number of carbonyl (C=O) groups excluding carboxylic acids is 1. The van der Waals surface area contributed by atoms with Gasteiger partial charge in [0.15, 0.2) is 5.78 Å². The average molecular weight is 345 g/mol. The van der Waals surface area contributed by atoms with Gasteiger partial charge in [-0.05, 0) is 34.7 Å². The Morgan fingerprint density at radius 1 is 1.57 bits per heavy atom. The summed E-state index contributed by atoms with van der Waals surface area (Å²) in [6.45, 7) is 0. The molecule has 0 aliphatic heterocycles. The SMILES string of the molecule is COc1cc(Cl)cc(I)c1C(=O)CCl. The maximum Gasteiger partial charge on any atom is 0.182 e. The predicted octanol–water partition coefficient (Wildman–Crippen LogP) is 3.37. The van der Waals surface area contributed by atoms with E-state index in [0.29, 0.717) is 16.3 Å². The Labute approximate surface area is 106 Å². The van der Waals surface area contributed by atoms with Crippen molar-refractivity contribution in [3.8, 4) is 5.75 Å². The van der Waals surface area contributed by atoms with E-state index in [4.69, 9.17) is 27.9 Å². The smallest absolute Gasteiger partial charge is 0.182 e. The largest absolute Gasteiger partial charge is 0.496 e. The lowest BCUT2D eigenvalue weighted by atomic mass is 10.1. The Morgan fingerprint density at radius 2 is 2.21 bits per heavy atom. The molecule has 5 heteroatoms. The maximum atomic E-state index is 11.5. The quantitative estimate of drug-likeness (QED) is 0.477. The van der Waals surface area contributed by atoms with Crippen molar-refractivity contribution in [3.05, 3.63) is 26.3 Å². The summed E-state index contributed by atoms with van der Waals surface area (Å²) in [4.78, 5) is 11.5. The molecule has 76 valence electrons. The van der Waals surface area contributed by atoms with Crippen LogP contribution in [-0.2, 0) is 0 Å². The van der Waals surface area contributed by atoms with Crippen molar-refractivity contribution in [1.29, 1.82) is 0 Å². The first kappa shape index (κ1) is 12.1. The van der Waals surface area contributed by atoms with Gasteiger partial charge in [0.1, 0.15) is 5.75 Å². The van der Waals surface area contributed by atoms with Crippen LogP contribution in [-0.4, -0.2) is 18.8 Å². The summed E-state index contributed by atoms with van der Waals surface area (Å²) < 4.78 is 5.81. The van der Waals surface area contributed by atoms with Crippen LogP contribution in [0.15, 0.2) is 12.1 Å². The van der Waals surface area contributed by atoms with Gasteiger partial charge in [0.2, 0.25) is 0 Å². The van der Waals surface area contributed by atoms with Gasteiger partial charge >= 0.3 is 0 Å². The molecule has 0 atom stereocenters. The predicted molar refractivity (Wildman–Crippen MR) is 65.8 cm³/mol. The highest BCUT2D eigenvalue weighted by molar-refractivity contribution is 14.1. The Hall–Kier alpha value is -0.000000000000000111. The summed E-state index contributed by atoms with van der Waals surface area (Å²) in [6, 6.07) is 3.30. The number of Topliss-reactive ketones (excluding diaryl/α,β-unsaturated/α-hetero) is 1. The number of halogens is 3. The molecule has 0 unspecified atom stereocenters. The summed E-state index contributed by atoms with van der Waals surface area (Å²) in [5.41, 5.74) is 0.493. The van der Waals surface area contributed by atoms with Gasteiger partial charge in [0.05, 0.1) is 18.6 Å². The fraction of sp³-hybridized carbons (Fsp3) is 0.222. The van der Waals surface area contributed by atoms with Crippen LogP contribution in [0.25, 0.3) is 0 Å². The van der Waals surface area contributed by atoms with Crippen LogP contribution in [0.5, 0.6) is 5.75 Å². The van der Waals surface area contributed by atoms with E-state index in [0.717, 1.165) is 3.57 Å². The molecular formula is C9H7Cl2IO2. The molecule has 2 nitrogen and oxygen atoms in total. The molecular weight excluding hydrogens is 338 g/mol. The van der Waals surface area contributed by atoms with Crippen molar-refractivity contribution in [2.75, 3.05) is 13.0 Å². The Balaban J connectivity index is 3.32. The van der Waals surface area contributed by atoms with Gasteiger partial charge in [-0.1, -0.05) is 11.6 Å². The second-order valence-electron chi connectivity index (χ2n) is 2.52. The number of hydrogen-bond donors (Lipinski definition) is 0. The first-order valence-electron chi connectivity index (χ1n) is 3.72. The zero-order chi connectivity index (χ0) is 10.7. The lowest BCUT2D eigenvalue weighted by molar-refractivity contribution is 0.101. The van der Waals surface area contributed by atoms with Gasteiger partial charge < -0.3 is 4.74 Å². The minimum atomic E-state index is -0.162. The van der Waals surface area contributed by atoms with E-state index in [1.54, 1.807) is 12.1 Å². The number of hydrogen-bond acceptors (Lipinski definition) is 2. The summed E-state index contributed by atoms with van der Waals surface area (Å²) in [5, 5.41) is 0.539.